The SMILES string of the molecule is CCCCCCCCOc1cc(-c2ccc(-c3cc(F)c(Br)cc3F)cc2)c(OCCCCCCCC)cc1-c1ccc(-c2cc(F)c(Br)cc2F)cc1. The molecule has 0 aliphatic rings. The fourth-order valence-corrected chi connectivity index (χ4v) is 7.16. The molecule has 0 fully saturated rings. The van der Waals surface area contributed by atoms with Crippen molar-refractivity contribution in [2.24, 2.45) is 0 Å². The number of benzene rings is 5. The van der Waals surface area contributed by atoms with Gasteiger partial charge in [-0.05, 0) is 103 Å². The minimum atomic E-state index is -0.536. The molecule has 0 atom stereocenters. The highest BCUT2D eigenvalue weighted by Gasteiger charge is 2.18. The molecule has 0 aliphatic carbocycles. The third-order valence-electron chi connectivity index (χ3n) is 9.63. The number of unbranched alkanes of at least 4 members (excludes halogenated alkanes) is 10. The molecule has 0 unspecified atom stereocenters. The van der Waals surface area contributed by atoms with Gasteiger partial charge in [0.05, 0.1) is 22.2 Å². The minimum absolute atomic E-state index is 0.0742. The average molecular weight is 869 g/mol. The molecule has 0 aromatic heterocycles. The zero-order valence-electron chi connectivity index (χ0n) is 31.1. The summed E-state index contributed by atoms with van der Waals surface area (Å²) >= 11 is 6.12. The minimum Gasteiger partial charge on any atom is -0.493 e. The summed E-state index contributed by atoms with van der Waals surface area (Å²) in [4.78, 5) is 0. The molecule has 0 N–H and O–H groups in total. The molecule has 8 heteroatoms. The van der Waals surface area contributed by atoms with Gasteiger partial charge in [0.2, 0.25) is 0 Å². The first-order valence-electron chi connectivity index (χ1n) is 19.1. The van der Waals surface area contributed by atoms with Gasteiger partial charge in [0.1, 0.15) is 34.8 Å². The lowest BCUT2D eigenvalue weighted by molar-refractivity contribution is 0.298. The van der Waals surface area contributed by atoms with Crippen molar-refractivity contribution >= 4 is 31.9 Å². The lowest BCUT2D eigenvalue weighted by Gasteiger charge is -2.19. The Morgan fingerprint density at radius 1 is 0.389 bits per heavy atom. The van der Waals surface area contributed by atoms with Crippen molar-refractivity contribution in [2.45, 2.75) is 90.9 Å². The van der Waals surface area contributed by atoms with E-state index in [1.807, 2.05) is 36.4 Å². The van der Waals surface area contributed by atoms with E-state index in [0.717, 1.165) is 72.9 Å². The highest BCUT2D eigenvalue weighted by atomic mass is 79.9. The van der Waals surface area contributed by atoms with E-state index in [9.17, 15) is 17.6 Å². The zero-order chi connectivity index (χ0) is 38.5. The Morgan fingerprint density at radius 3 is 1.06 bits per heavy atom. The Kier molecular flexibility index (Phi) is 16.1. The maximum Gasteiger partial charge on any atom is 0.138 e. The second kappa shape index (κ2) is 20.9. The Bertz CT molecular complexity index is 1820. The molecule has 286 valence electrons. The Hall–Kier alpha value is -3.62. The van der Waals surface area contributed by atoms with E-state index in [0.29, 0.717) is 35.8 Å². The van der Waals surface area contributed by atoms with Crippen LogP contribution >= 0.6 is 31.9 Å². The van der Waals surface area contributed by atoms with Gasteiger partial charge in [-0.25, -0.2) is 17.6 Å². The molecule has 0 radical (unpaired) electrons. The first kappa shape index (κ1) is 41.5. The molecule has 54 heavy (non-hydrogen) atoms. The van der Waals surface area contributed by atoms with Crippen molar-refractivity contribution < 1.29 is 27.0 Å². The summed E-state index contributed by atoms with van der Waals surface area (Å²) in [6.07, 6.45) is 13.5. The molecular weight excluding hydrogens is 820 g/mol. The summed E-state index contributed by atoms with van der Waals surface area (Å²) in [7, 11) is 0. The largest absolute Gasteiger partial charge is 0.493 e. The molecule has 5 aromatic rings. The van der Waals surface area contributed by atoms with Gasteiger partial charge in [0.15, 0.2) is 0 Å². The van der Waals surface area contributed by atoms with Crippen LogP contribution in [-0.2, 0) is 0 Å². The number of halogens is 6. The van der Waals surface area contributed by atoms with Crippen LogP contribution in [0.3, 0.4) is 0 Å². The third kappa shape index (κ3) is 11.2. The molecule has 2 nitrogen and oxygen atoms in total. The first-order valence-corrected chi connectivity index (χ1v) is 20.7. The van der Waals surface area contributed by atoms with Crippen LogP contribution in [0.25, 0.3) is 44.5 Å². The molecule has 5 aromatic carbocycles. The fourth-order valence-electron chi connectivity index (χ4n) is 6.53. The van der Waals surface area contributed by atoms with Crippen LogP contribution in [0, 0.1) is 23.3 Å². The van der Waals surface area contributed by atoms with Crippen molar-refractivity contribution in [3.05, 3.63) is 117 Å². The molecule has 0 spiro atoms. The van der Waals surface area contributed by atoms with Crippen molar-refractivity contribution in [1.29, 1.82) is 0 Å². The third-order valence-corrected chi connectivity index (χ3v) is 10.8. The van der Waals surface area contributed by atoms with Crippen LogP contribution in [0.2, 0.25) is 0 Å². The van der Waals surface area contributed by atoms with Gasteiger partial charge in [0.25, 0.3) is 0 Å². The van der Waals surface area contributed by atoms with Crippen LogP contribution in [0.15, 0.2) is 93.9 Å². The second-order valence-electron chi connectivity index (χ2n) is 13.7. The van der Waals surface area contributed by atoms with E-state index in [1.54, 1.807) is 24.3 Å². The lowest BCUT2D eigenvalue weighted by atomic mass is 9.95. The molecule has 0 aliphatic heterocycles. The van der Waals surface area contributed by atoms with E-state index in [4.69, 9.17) is 9.47 Å². The maximum atomic E-state index is 14.9. The van der Waals surface area contributed by atoms with Crippen LogP contribution in [0.5, 0.6) is 11.5 Å². The standard InChI is InChI=1S/C46H48Br2F4O2/c1-3-5-7-9-11-13-23-53-45-27-38(34-21-17-32(18-22-34)36-26-44(52)40(48)30-42(36)50)46(54-24-14-12-10-8-6-4-2)28-37(45)33-19-15-31(16-20-33)35-25-43(51)39(47)29-41(35)49/h15-22,25-30H,3-14,23-24H2,1-2H3. The van der Waals surface area contributed by atoms with Crippen molar-refractivity contribution in [3.63, 3.8) is 0 Å². The lowest BCUT2D eigenvalue weighted by Crippen LogP contribution is -2.03. The van der Waals surface area contributed by atoms with Gasteiger partial charge in [-0.15, -0.1) is 0 Å². The van der Waals surface area contributed by atoms with E-state index >= 15 is 0 Å². The first-order chi connectivity index (χ1) is 26.2. The van der Waals surface area contributed by atoms with Gasteiger partial charge < -0.3 is 9.47 Å². The van der Waals surface area contributed by atoms with E-state index < -0.39 is 23.3 Å². The van der Waals surface area contributed by atoms with Gasteiger partial charge >= 0.3 is 0 Å². The quantitative estimate of drug-likeness (QED) is 0.0441. The summed E-state index contributed by atoms with van der Waals surface area (Å²) in [5, 5.41) is 0. The molecular formula is C46H48Br2F4O2. The van der Waals surface area contributed by atoms with Crippen molar-refractivity contribution in [2.75, 3.05) is 13.2 Å². The van der Waals surface area contributed by atoms with Crippen LogP contribution in [0.1, 0.15) is 90.9 Å². The van der Waals surface area contributed by atoms with Gasteiger partial charge in [-0.2, -0.15) is 0 Å². The number of hydrogen-bond acceptors (Lipinski definition) is 2. The predicted molar refractivity (Wildman–Crippen MR) is 221 cm³/mol. The highest BCUT2D eigenvalue weighted by Crippen LogP contribution is 2.43. The smallest absolute Gasteiger partial charge is 0.138 e. The number of rotatable bonds is 20. The average Bonchev–Trinajstić information content (AvgIpc) is 3.17. The summed E-state index contributed by atoms with van der Waals surface area (Å²) in [5.41, 5.74) is 4.78. The molecule has 0 saturated carbocycles. The summed E-state index contributed by atoms with van der Waals surface area (Å²) in [6, 6.07) is 23.3. The van der Waals surface area contributed by atoms with Gasteiger partial charge in [-0.1, -0.05) is 127 Å². The van der Waals surface area contributed by atoms with E-state index in [2.05, 4.69) is 45.7 Å². The Morgan fingerprint density at radius 2 is 0.704 bits per heavy atom. The van der Waals surface area contributed by atoms with E-state index in [1.165, 1.54) is 50.7 Å². The zero-order valence-corrected chi connectivity index (χ0v) is 34.2. The van der Waals surface area contributed by atoms with Gasteiger partial charge in [-0.3, -0.25) is 0 Å². The summed E-state index contributed by atoms with van der Waals surface area (Å²) < 4.78 is 71.7. The van der Waals surface area contributed by atoms with Crippen molar-refractivity contribution in [3.8, 4) is 56.0 Å². The second-order valence-corrected chi connectivity index (χ2v) is 15.4. The molecule has 0 bridgehead atoms. The molecule has 5 rings (SSSR count). The highest BCUT2D eigenvalue weighted by molar-refractivity contribution is 9.10. The van der Waals surface area contributed by atoms with Crippen LogP contribution in [-0.4, -0.2) is 13.2 Å². The summed E-state index contributed by atoms with van der Waals surface area (Å²) in [5.74, 6) is -0.773. The molecule has 0 saturated heterocycles. The Balaban J connectivity index is 1.51. The van der Waals surface area contributed by atoms with E-state index in [-0.39, 0.29) is 20.1 Å². The topological polar surface area (TPSA) is 18.5 Å². The fraction of sp³-hybridized carbons (Fsp3) is 0.348. The van der Waals surface area contributed by atoms with Gasteiger partial charge in [0, 0.05) is 22.3 Å². The predicted octanol–water partition coefficient (Wildman–Crippen LogP) is 15.9. The van der Waals surface area contributed by atoms with Crippen LogP contribution < -0.4 is 9.47 Å². The maximum absolute atomic E-state index is 14.9. The summed E-state index contributed by atoms with van der Waals surface area (Å²) in [6.45, 7) is 5.47. The molecule has 0 amide bonds. The number of ether oxygens (including phenoxy) is 2. The molecule has 0 heterocycles. The normalized spacial score (nSPS) is 11.3. The Labute approximate surface area is 334 Å². The van der Waals surface area contributed by atoms with Crippen molar-refractivity contribution in [1.82, 2.24) is 0 Å². The monoisotopic (exact) mass is 866 g/mol. The number of hydrogen-bond donors (Lipinski definition) is 0. The van der Waals surface area contributed by atoms with Crippen LogP contribution in [0.4, 0.5) is 17.6 Å².